The van der Waals surface area contributed by atoms with Crippen molar-refractivity contribution in [1.29, 1.82) is 0 Å². The van der Waals surface area contributed by atoms with Gasteiger partial charge in [0.15, 0.2) is 5.13 Å². The third-order valence-electron chi connectivity index (χ3n) is 4.75. The van der Waals surface area contributed by atoms with E-state index in [1.807, 2.05) is 52.0 Å². The summed E-state index contributed by atoms with van der Waals surface area (Å²) in [6.07, 6.45) is -0.569. The molecule has 0 unspecified atom stereocenters. The van der Waals surface area contributed by atoms with Crippen LogP contribution in [-0.4, -0.2) is 36.5 Å². The first-order valence-electron chi connectivity index (χ1n) is 8.58. The summed E-state index contributed by atoms with van der Waals surface area (Å²) in [6.45, 7) is 8.08. The fourth-order valence-electron chi connectivity index (χ4n) is 2.41. The lowest BCUT2D eigenvalue weighted by Gasteiger charge is -2.32. The number of thiazole rings is 1. The van der Waals surface area contributed by atoms with E-state index < -0.39 is 24.4 Å². The Kier molecular flexibility index (Phi) is 5.46. The summed E-state index contributed by atoms with van der Waals surface area (Å²) >= 11 is 1.29. The van der Waals surface area contributed by atoms with Gasteiger partial charge < -0.3 is 18.8 Å². The number of amides is 1. The Hall–Kier alpha value is -2.10. The van der Waals surface area contributed by atoms with Crippen LogP contribution in [0.1, 0.15) is 33.3 Å². The number of carbonyl (C=O) groups is 1. The highest BCUT2D eigenvalue weighted by Crippen LogP contribution is 2.36. The summed E-state index contributed by atoms with van der Waals surface area (Å²) in [5.74, 6) is 0.751. The first-order chi connectivity index (χ1) is 12.7. The molecule has 1 amide bonds. The molecule has 2 aromatic rings. The summed E-state index contributed by atoms with van der Waals surface area (Å²) in [5, 5.41) is 4.87. The van der Waals surface area contributed by atoms with Crippen LogP contribution >= 0.6 is 11.3 Å². The van der Waals surface area contributed by atoms with E-state index in [4.69, 9.17) is 18.8 Å². The molecule has 1 N–H and O–H groups in total. The average Bonchev–Trinajstić information content (AvgIpc) is 3.15. The number of ether oxygens (including phenoxy) is 2. The molecule has 0 saturated carbocycles. The van der Waals surface area contributed by atoms with Crippen LogP contribution in [0.4, 0.5) is 9.93 Å². The minimum absolute atomic E-state index is 0.158. The van der Waals surface area contributed by atoms with Gasteiger partial charge in [0, 0.05) is 5.38 Å². The fourth-order valence-corrected chi connectivity index (χ4v) is 3.11. The van der Waals surface area contributed by atoms with Crippen molar-refractivity contribution < 1.29 is 23.6 Å². The maximum absolute atomic E-state index is 12.0. The van der Waals surface area contributed by atoms with E-state index in [1.165, 1.54) is 11.3 Å². The van der Waals surface area contributed by atoms with E-state index in [0.717, 1.165) is 11.3 Å². The summed E-state index contributed by atoms with van der Waals surface area (Å²) in [7, 11) is 1.04. The molecular weight excluding hydrogens is 367 g/mol. The average molecular weight is 390 g/mol. The third kappa shape index (κ3) is 4.43. The number of carbonyl (C=O) groups excluding carboxylic acids is 1. The van der Waals surface area contributed by atoms with Crippen molar-refractivity contribution in [2.24, 2.45) is 0 Å². The Bertz CT molecular complexity index is 790. The lowest BCUT2D eigenvalue weighted by Crippen LogP contribution is -2.41. The molecule has 0 bridgehead atoms. The molecule has 144 valence electrons. The quantitative estimate of drug-likeness (QED) is 0.790. The van der Waals surface area contributed by atoms with Crippen molar-refractivity contribution in [2.45, 2.75) is 45.5 Å². The lowest BCUT2D eigenvalue weighted by atomic mass is 9.86. The van der Waals surface area contributed by atoms with Gasteiger partial charge in [-0.3, -0.25) is 5.32 Å². The standard InChI is InChI=1S/C18H23BN2O5S/c1-17(2)18(3,4)26-19(25-17)14-11-27-15(20-14)21-16(22)24-10-12-6-8-13(23-5)9-7-12/h6-9,11H,10H2,1-5H3,(H,20,21,22). The Morgan fingerprint density at radius 1 is 1.19 bits per heavy atom. The molecule has 3 rings (SSSR count). The van der Waals surface area contributed by atoms with Gasteiger partial charge in [-0.2, -0.15) is 0 Å². The highest BCUT2D eigenvalue weighted by molar-refractivity contribution is 7.14. The van der Waals surface area contributed by atoms with Gasteiger partial charge in [-0.1, -0.05) is 12.1 Å². The first-order valence-corrected chi connectivity index (χ1v) is 9.46. The van der Waals surface area contributed by atoms with Gasteiger partial charge in [0.25, 0.3) is 0 Å². The number of hydrogen-bond donors (Lipinski definition) is 1. The topological polar surface area (TPSA) is 78.9 Å². The Morgan fingerprint density at radius 3 is 2.41 bits per heavy atom. The molecule has 0 atom stereocenters. The molecule has 9 heteroatoms. The highest BCUT2D eigenvalue weighted by atomic mass is 32.1. The minimum Gasteiger partial charge on any atom is -0.497 e. The normalized spacial score (nSPS) is 17.6. The second-order valence-corrected chi connectivity index (χ2v) is 8.07. The summed E-state index contributed by atoms with van der Waals surface area (Å²) in [5.41, 5.74) is 0.616. The zero-order valence-electron chi connectivity index (χ0n) is 16.1. The van der Waals surface area contributed by atoms with E-state index >= 15 is 0 Å². The summed E-state index contributed by atoms with van der Waals surface area (Å²) in [4.78, 5) is 16.4. The Morgan fingerprint density at radius 2 is 1.81 bits per heavy atom. The van der Waals surface area contributed by atoms with Gasteiger partial charge in [-0.25, -0.2) is 9.78 Å². The van der Waals surface area contributed by atoms with Crippen molar-refractivity contribution in [1.82, 2.24) is 4.98 Å². The van der Waals surface area contributed by atoms with Gasteiger partial charge in [-0.05, 0) is 45.4 Å². The summed E-state index contributed by atoms with van der Waals surface area (Å²) < 4.78 is 22.2. The van der Waals surface area contributed by atoms with Crippen LogP contribution in [0.25, 0.3) is 0 Å². The van der Waals surface area contributed by atoms with Crippen LogP contribution in [-0.2, 0) is 20.7 Å². The minimum atomic E-state index is -0.569. The number of hydrogen-bond acceptors (Lipinski definition) is 7. The van der Waals surface area contributed by atoms with Crippen molar-refractivity contribution in [2.75, 3.05) is 12.4 Å². The van der Waals surface area contributed by atoms with Crippen LogP contribution in [0.15, 0.2) is 29.6 Å². The second-order valence-electron chi connectivity index (χ2n) is 7.21. The molecule has 1 saturated heterocycles. The molecule has 0 radical (unpaired) electrons. The maximum atomic E-state index is 12.0. The highest BCUT2D eigenvalue weighted by Gasteiger charge is 2.52. The van der Waals surface area contributed by atoms with E-state index in [2.05, 4.69) is 10.3 Å². The number of anilines is 1. The zero-order valence-corrected chi connectivity index (χ0v) is 16.9. The molecule has 1 aliphatic heterocycles. The van der Waals surface area contributed by atoms with Crippen molar-refractivity contribution in [3.8, 4) is 5.75 Å². The van der Waals surface area contributed by atoms with E-state index in [9.17, 15) is 4.79 Å². The lowest BCUT2D eigenvalue weighted by molar-refractivity contribution is 0.00578. The number of benzene rings is 1. The number of aromatic nitrogens is 1. The molecule has 27 heavy (non-hydrogen) atoms. The molecule has 1 fully saturated rings. The Labute approximate surface area is 163 Å². The second kappa shape index (κ2) is 7.50. The molecule has 1 aromatic heterocycles. The van der Waals surface area contributed by atoms with Gasteiger partial charge in [0.1, 0.15) is 12.4 Å². The smallest absolute Gasteiger partial charge is 0.497 e. The van der Waals surface area contributed by atoms with Crippen molar-refractivity contribution >= 4 is 35.3 Å². The van der Waals surface area contributed by atoms with Crippen LogP contribution in [0.2, 0.25) is 0 Å². The van der Waals surface area contributed by atoms with Crippen molar-refractivity contribution in [3.05, 3.63) is 35.2 Å². The van der Waals surface area contributed by atoms with E-state index in [1.54, 1.807) is 12.5 Å². The number of rotatable bonds is 5. The first kappa shape index (κ1) is 19.7. The maximum Gasteiger partial charge on any atom is 0.515 e. The van der Waals surface area contributed by atoms with Crippen LogP contribution in [0, 0.1) is 0 Å². The van der Waals surface area contributed by atoms with Gasteiger partial charge in [0.05, 0.1) is 23.9 Å². The SMILES string of the molecule is COc1ccc(COC(=O)Nc2nc(B3OC(C)(C)C(C)(C)O3)cs2)cc1. The molecule has 0 aliphatic carbocycles. The number of nitrogens with one attached hydrogen (secondary N) is 1. The zero-order chi connectivity index (χ0) is 19.7. The van der Waals surface area contributed by atoms with Crippen molar-refractivity contribution in [3.63, 3.8) is 0 Å². The molecule has 0 spiro atoms. The van der Waals surface area contributed by atoms with Gasteiger partial charge >= 0.3 is 13.2 Å². The predicted octanol–water partition coefficient (Wildman–Crippen LogP) is 3.20. The fraction of sp³-hybridized carbons (Fsp3) is 0.444. The molecule has 2 heterocycles. The molecule has 7 nitrogen and oxygen atoms in total. The van der Waals surface area contributed by atoms with Crippen LogP contribution < -0.4 is 15.6 Å². The van der Waals surface area contributed by atoms with Gasteiger partial charge in [-0.15, -0.1) is 11.3 Å². The number of nitrogens with zero attached hydrogens (tertiary/aromatic N) is 1. The number of methoxy groups -OCH3 is 1. The van der Waals surface area contributed by atoms with E-state index in [0.29, 0.717) is 10.7 Å². The Balaban J connectivity index is 1.53. The van der Waals surface area contributed by atoms with E-state index in [-0.39, 0.29) is 6.61 Å². The molecular formula is C18H23BN2O5S. The van der Waals surface area contributed by atoms with Gasteiger partial charge in [0.2, 0.25) is 0 Å². The van der Waals surface area contributed by atoms with Crippen LogP contribution in [0.5, 0.6) is 5.75 Å². The molecule has 1 aliphatic rings. The summed E-state index contributed by atoms with van der Waals surface area (Å²) in [6, 6.07) is 7.31. The third-order valence-corrected chi connectivity index (χ3v) is 5.53. The monoisotopic (exact) mass is 390 g/mol. The largest absolute Gasteiger partial charge is 0.515 e. The predicted molar refractivity (Wildman–Crippen MR) is 105 cm³/mol. The molecule has 1 aromatic carbocycles. The van der Waals surface area contributed by atoms with Crippen LogP contribution in [0.3, 0.4) is 0 Å².